The standard InChI is InChI=1S/C9H17NO3/c1-5-9(4,8(12)13)6(2)10-7(3)11/h6H,5H2,1-4H3,(H,10,11)(H,12,13)/t6-,9-/m1/s1. The zero-order valence-corrected chi connectivity index (χ0v) is 8.55. The van der Waals surface area contributed by atoms with Gasteiger partial charge in [0.25, 0.3) is 0 Å². The Kier molecular flexibility index (Phi) is 3.91. The highest BCUT2D eigenvalue weighted by Crippen LogP contribution is 2.25. The molecular formula is C9H17NO3. The van der Waals surface area contributed by atoms with E-state index in [4.69, 9.17) is 5.11 Å². The molecule has 4 nitrogen and oxygen atoms in total. The Labute approximate surface area is 78.3 Å². The molecule has 76 valence electrons. The summed E-state index contributed by atoms with van der Waals surface area (Å²) in [7, 11) is 0. The van der Waals surface area contributed by atoms with E-state index in [2.05, 4.69) is 5.32 Å². The van der Waals surface area contributed by atoms with Crippen LogP contribution in [0.5, 0.6) is 0 Å². The number of aliphatic carboxylic acids is 1. The molecule has 0 radical (unpaired) electrons. The van der Waals surface area contributed by atoms with Gasteiger partial charge in [-0.2, -0.15) is 0 Å². The molecule has 0 aromatic heterocycles. The molecule has 0 saturated carbocycles. The van der Waals surface area contributed by atoms with Crippen molar-refractivity contribution in [1.29, 1.82) is 0 Å². The van der Waals surface area contributed by atoms with Crippen LogP contribution in [0.25, 0.3) is 0 Å². The maximum absolute atomic E-state index is 10.9. The SMILES string of the molecule is CC[C@@](C)(C(=O)O)[C@@H](C)NC(C)=O. The quantitative estimate of drug-likeness (QED) is 0.690. The van der Waals surface area contributed by atoms with Crippen molar-refractivity contribution in [2.45, 2.75) is 40.2 Å². The van der Waals surface area contributed by atoms with Crippen LogP contribution < -0.4 is 5.32 Å². The van der Waals surface area contributed by atoms with Gasteiger partial charge in [0.2, 0.25) is 5.91 Å². The summed E-state index contributed by atoms with van der Waals surface area (Å²) in [5.41, 5.74) is -0.883. The summed E-state index contributed by atoms with van der Waals surface area (Å²) in [4.78, 5) is 21.7. The first-order valence-corrected chi connectivity index (χ1v) is 4.35. The molecule has 0 heterocycles. The molecule has 0 aromatic rings. The normalized spacial score (nSPS) is 17.2. The third-order valence-electron chi connectivity index (χ3n) is 2.60. The van der Waals surface area contributed by atoms with Gasteiger partial charge in [0, 0.05) is 13.0 Å². The fourth-order valence-electron chi connectivity index (χ4n) is 1.11. The van der Waals surface area contributed by atoms with E-state index >= 15 is 0 Å². The molecule has 0 spiro atoms. The van der Waals surface area contributed by atoms with Gasteiger partial charge in [0.15, 0.2) is 0 Å². The number of carboxylic acids is 1. The Balaban J connectivity index is 4.56. The maximum Gasteiger partial charge on any atom is 0.311 e. The van der Waals surface area contributed by atoms with Crippen LogP contribution in [-0.4, -0.2) is 23.0 Å². The first kappa shape index (κ1) is 11.9. The minimum Gasteiger partial charge on any atom is -0.481 e. The summed E-state index contributed by atoms with van der Waals surface area (Å²) in [5.74, 6) is -1.08. The van der Waals surface area contributed by atoms with Crippen molar-refractivity contribution in [3.05, 3.63) is 0 Å². The van der Waals surface area contributed by atoms with E-state index in [-0.39, 0.29) is 11.9 Å². The summed E-state index contributed by atoms with van der Waals surface area (Å²) >= 11 is 0. The molecule has 0 aromatic carbocycles. The average Bonchev–Trinajstić information content (AvgIpc) is 2.01. The lowest BCUT2D eigenvalue weighted by molar-refractivity contribution is -0.150. The van der Waals surface area contributed by atoms with Crippen LogP contribution in [0.1, 0.15) is 34.1 Å². The molecule has 1 amide bonds. The molecule has 4 heteroatoms. The van der Waals surface area contributed by atoms with Gasteiger partial charge in [-0.05, 0) is 20.3 Å². The van der Waals surface area contributed by atoms with Crippen LogP contribution in [0.3, 0.4) is 0 Å². The Morgan fingerprint density at radius 2 is 2.00 bits per heavy atom. The summed E-state index contributed by atoms with van der Waals surface area (Å²) in [6.07, 6.45) is 0.490. The monoisotopic (exact) mass is 187 g/mol. The van der Waals surface area contributed by atoms with Crippen molar-refractivity contribution in [2.75, 3.05) is 0 Å². The van der Waals surface area contributed by atoms with E-state index in [1.165, 1.54) is 6.92 Å². The molecule has 0 unspecified atom stereocenters. The highest BCUT2D eigenvalue weighted by Gasteiger charge is 2.37. The van der Waals surface area contributed by atoms with E-state index in [9.17, 15) is 9.59 Å². The van der Waals surface area contributed by atoms with Gasteiger partial charge < -0.3 is 10.4 Å². The predicted molar refractivity (Wildman–Crippen MR) is 49.3 cm³/mol. The lowest BCUT2D eigenvalue weighted by Gasteiger charge is -2.30. The lowest BCUT2D eigenvalue weighted by atomic mass is 9.80. The van der Waals surface area contributed by atoms with Gasteiger partial charge in [-0.15, -0.1) is 0 Å². The Bertz CT molecular complexity index is 215. The number of hydrogen-bond acceptors (Lipinski definition) is 2. The zero-order valence-electron chi connectivity index (χ0n) is 8.55. The molecule has 13 heavy (non-hydrogen) atoms. The Hall–Kier alpha value is -1.06. The van der Waals surface area contributed by atoms with Gasteiger partial charge in [0.05, 0.1) is 5.41 Å². The largest absolute Gasteiger partial charge is 0.481 e. The van der Waals surface area contributed by atoms with Gasteiger partial charge in [-0.25, -0.2) is 0 Å². The van der Waals surface area contributed by atoms with Gasteiger partial charge in [-0.3, -0.25) is 9.59 Å². The van der Waals surface area contributed by atoms with Crippen molar-refractivity contribution < 1.29 is 14.7 Å². The molecule has 0 rings (SSSR count). The minimum absolute atomic E-state index is 0.201. The number of carboxylic acid groups (broad SMARTS) is 1. The minimum atomic E-state index is -0.883. The molecule has 2 atom stereocenters. The van der Waals surface area contributed by atoms with Gasteiger partial charge in [0.1, 0.15) is 0 Å². The number of rotatable bonds is 4. The van der Waals surface area contributed by atoms with Crippen molar-refractivity contribution >= 4 is 11.9 Å². The second kappa shape index (κ2) is 4.25. The van der Waals surface area contributed by atoms with E-state index in [1.807, 2.05) is 0 Å². The first-order valence-electron chi connectivity index (χ1n) is 4.35. The van der Waals surface area contributed by atoms with Crippen LogP contribution in [0.15, 0.2) is 0 Å². The molecule has 0 aliphatic carbocycles. The lowest BCUT2D eigenvalue weighted by Crippen LogP contribution is -2.47. The molecule has 0 aliphatic heterocycles. The van der Waals surface area contributed by atoms with Crippen molar-refractivity contribution in [3.8, 4) is 0 Å². The second-order valence-electron chi connectivity index (χ2n) is 3.50. The Morgan fingerprint density at radius 1 is 1.54 bits per heavy atom. The summed E-state index contributed by atoms with van der Waals surface area (Å²) < 4.78 is 0. The van der Waals surface area contributed by atoms with Crippen LogP contribution in [-0.2, 0) is 9.59 Å². The number of amides is 1. The molecule has 0 fully saturated rings. The topological polar surface area (TPSA) is 66.4 Å². The van der Waals surface area contributed by atoms with E-state index < -0.39 is 11.4 Å². The van der Waals surface area contributed by atoms with E-state index in [0.717, 1.165) is 0 Å². The van der Waals surface area contributed by atoms with Gasteiger partial charge in [-0.1, -0.05) is 6.92 Å². The second-order valence-corrected chi connectivity index (χ2v) is 3.50. The Morgan fingerprint density at radius 3 is 2.23 bits per heavy atom. The van der Waals surface area contributed by atoms with E-state index in [0.29, 0.717) is 6.42 Å². The van der Waals surface area contributed by atoms with Crippen LogP contribution in [0.2, 0.25) is 0 Å². The molecule has 0 aliphatic rings. The van der Waals surface area contributed by atoms with Crippen LogP contribution in [0.4, 0.5) is 0 Å². The average molecular weight is 187 g/mol. The first-order chi connectivity index (χ1) is 5.84. The van der Waals surface area contributed by atoms with Crippen molar-refractivity contribution in [2.24, 2.45) is 5.41 Å². The molecule has 2 N–H and O–H groups in total. The summed E-state index contributed by atoms with van der Waals surface area (Å²) in [5, 5.41) is 11.6. The highest BCUT2D eigenvalue weighted by molar-refractivity contribution is 5.78. The van der Waals surface area contributed by atoms with Crippen molar-refractivity contribution in [1.82, 2.24) is 5.32 Å². The molecule has 0 bridgehead atoms. The van der Waals surface area contributed by atoms with Crippen LogP contribution in [0, 0.1) is 5.41 Å². The van der Waals surface area contributed by atoms with Crippen molar-refractivity contribution in [3.63, 3.8) is 0 Å². The third-order valence-corrected chi connectivity index (χ3v) is 2.60. The summed E-state index contributed by atoms with van der Waals surface area (Å²) in [6, 6.07) is -0.354. The van der Waals surface area contributed by atoms with Crippen LogP contribution >= 0.6 is 0 Å². The fourth-order valence-corrected chi connectivity index (χ4v) is 1.11. The fraction of sp³-hybridized carbons (Fsp3) is 0.778. The maximum atomic E-state index is 10.9. The number of carbonyl (C=O) groups excluding carboxylic acids is 1. The smallest absolute Gasteiger partial charge is 0.311 e. The molecular weight excluding hydrogens is 170 g/mol. The number of nitrogens with one attached hydrogen (secondary N) is 1. The zero-order chi connectivity index (χ0) is 10.6. The molecule has 0 saturated heterocycles. The van der Waals surface area contributed by atoms with Gasteiger partial charge >= 0.3 is 5.97 Å². The van der Waals surface area contributed by atoms with E-state index in [1.54, 1.807) is 20.8 Å². The third kappa shape index (κ3) is 2.72. The number of carbonyl (C=O) groups is 2. The predicted octanol–water partition coefficient (Wildman–Crippen LogP) is 1.01. The highest BCUT2D eigenvalue weighted by atomic mass is 16.4. The number of hydrogen-bond donors (Lipinski definition) is 2. The summed E-state index contributed by atoms with van der Waals surface area (Å²) in [6.45, 7) is 6.52.